The first-order valence-corrected chi connectivity index (χ1v) is 14.3. The van der Waals surface area contributed by atoms with E-state index in [2.05, 4.69) is 9.98 Å². The van der Waals surface area contributed by atoms with Crippen molar-refractivity contribution in [1.29, 1.82) is 0 Å². The van der Waals surface area contributed by atoms with Crippen molar-refractivity contribution in [2.45, 2.75) is 0 Å². The Labute approximate surface area is 275 Å². The molecule has 6 aromatic rings. The van der Waals surface area contributed by atoms with Crippen LogP contribution in [-0.4, -0.2) is 50.8 Å². The Morgan fingerprint density at radius 2 is 0.822 bits per heavy atom. The zero-order valence-electron chi connectivity index (χ0n) is 25.7. The van der Waals surface area contributed by atoms with E-state index in [-0.39, 0.29) is 28.6 Å². The van der Waals surface area contributed by atoms with Gasteiger partial charge in [-0.2, -0.15) is 0 Å². The molecule has 0 aliphatic heterocycles. The Kier molecular flexibility index (Phi) is 11.0. The summed E-state index contributed by atoms with van der Waals surface area (Å²) < 4.78 is 0. The molecule has 0 amide bonds. The van der Waals surface area contributed by atoms with E-state index in [0.717, 1.165) is 55.4 Å². The monoisotopic (exact) mass is 643 g/mol. The van der Waals surface area contributed by atoms with Gasteiger partial charge in [0.05, 0.1) is 11.4 Å². The normalized spacial score (nSPS) is 10.9. The summed E-state index contributed by atoms with van der Waals surface area (Å²) in [6.07, 6.45) is 3.45. The van der Waals surface area contributed by atoms with Gasteiger partial charge in [-0.25, -0.2) is 0 Å². The van der Waals surface area contributed by atoms with E-state index in [1.54, 1.807) is 24.6 Å². The minimum atomic E-state index is 0. The molecule has 0 unspecified atom stereocenters. The van der Waals surface area contributed by atoms with Gasteiger partial charge >= 0.3 is 0 Å². The van der Waals surface area contributed by atoms with Crippen LogP contribution in [0.4, 0.5) is 22.7 Å². The third kappa shape index (κ3) is 8.09. The predicted octanol–water partition coefficient (Wildman–Crippen LogP) is 8.72. The fourth-order valence-corrected chi connectivity index (χ4v) is 4.79. The first kappa shape index (κ1) is 32.8. The number of aromatic hydroxyl groups is 2. The van der Waals surface area contributed by atoms with Crippen LogP contribution >= 0.6 is 0 Å². The number of phenolic OH excluding ortho intramolecular Hbond substituents is 2. The van der Waals surface area contributed by atoms with E-state index in [0.29, 0.717) is 0 Å². The summed E-state index contributed by atoms with van der Waals surface area (Å²) >= 11 is 0. The zero-order valence-corrected chi connectivity index (χ0v) is 26.6. The van der Waals surface area contributed by atoms with Gasteiger partial charge in [0.1, 0.15) is 11.5 Å². The number of fused-ring (bicyclic) bond motifs is 2. The van der Waals surface area contributed by atoms with Crippen LogP contribution in [0.1, 0.15) is 11.1 Å². The van der Waals surface area contributed by atoms with Crippen LogP contribution in [0, 0.1) is 0 Å². The van der Waals surface area contributed by atoms with Crippen LogP contribution in [0.25, 0.3) is 21.5 Å². The largest absolute Gasteiger partial charge is 0.507 e. The second-order valence-electron chi connectivity index (χ2n) is 10.8. The van der Waals surface area contributed by atoms with Gasteiger partial charge in [-0.1, -0.05) is 60.7 Å². The molecule has 231 valence electrons. The fraction of sp³-hybridized carbons (Fsp3) is 0.105. The summed E-state index contributed by atoms with van der Waals surface area (Å²) in [7, 11) is 8.03. The van der Waals surface area contributed by atoms with Gasteiger partial charge in [0.25, 0.3) is 0 Å². The Balaban J connectivity index is 0.000000200. The molecule has 0 aromatic heterocycles. The summed E-state index contributed by atoms with van der Waals surface area (Å²) in [5, 5.41) is 24.4. The fourth-order valence-electron chi connectivity index (χ4n) is 4.79. The van der Waals surface area contributed by atoms with Gasteiger partial charge in [-0.05, 0) is 82.2 Å². The van der Waals surface area contributed by atoms with E-state index in [4.69, 9.17) is 0 Å². The standard InChI is InChI=1S/2C19H18N2O.Cu/c2*1-21(2)16-10-8-15(9-11-16)20-13-18-17-6-4-3-5-14(17)7-12-19(18)22;/h2*3-13,22H,1-2H3;. The molecule has 0 atom stereocenters. The summed E-state index contributed by atoms with van der Waals surface area (Å²) in [4.78, 5) is 13.1. The van der Waals surface area contributed by atoms with Crippen molar-refractivity contribution >= 4 is 56.7 Å². The summed E-state index contributed by atoms with van der Waals surface area (Å²) in [6.45, 7) is 0. The average Bonchev–Trinajstić information content (AvgIpc) is 3.04. The number of nitrogens with zero attached hydrogens (tertiary/aromatic N) is 4. The molecular formula is C38H36CuN4O2. The minimum Gasteiger partial charge on any atom is -0.507 e. The molecule has 0 fully saturated rings. The molecule has 0 heterocycles. The van der Waals surface area contributed by atoms with Gasteiger partial charge in [0.15, 0.2) is 0 Å². The summed E-state index contributed by atoms with van der Waals surface area (Å²) in [5.74, 6) is 0.486. The van der Waals surface area contributed by atoms with Gasteiger partial charge in [-0.15, -0.1) is 0 Å². The number of hydrogen-bond donors (Lipinski definition) is 2. The molecule has 0 aliphatic rings. The number of rotatable bonds is 6. The van der Waals surface area contributed by atoms with Crippen LogP contribution in [0.2, 0.25) is 0 Å². The number of hydrogen-bond acceptors (Lipinski definition) is 6. The number of phenols is 2. The van der Waals surface area contributed by atoms with E-state index in [1.807, 2.05) is 147 Å². The van der Waals surface area contributed by atoms with E-state index in [9.17, 15) is 10.2 Å². The van der Waals surface area contributed by atoms with Gasteiger partial charge in [-0.3, -0.25) is 9.98 Å². The first-order valence-electron chi connectivity index (χ1n) is 14.3. The quantitative estimate of drug-likeness (QED) is 0.141. The molecule has 0 bridgehead atoms. The van der Waals surface area contributed by atoms with Crippen molar-refractivity contribution in [2.75, 3.05) is 38.0 Å². The predicted molar refractivity (Wildman–Crippen MR) is 187 cm³/mol. The molecule has 7 heteroatoms. The summed E-state index contributed by atoms with van der Waals surface area (Å²) in [6, 6.07) is 39.1. The molecule has 6 nitrogen and oxygen atoms in total. The molecule has 6 aromatic carbocycles. The number of benzene rings is 6. The molecule has 2 N–H and O–H groups in total. The zero-order chi connectivity index (χ0) is 31.1. The SMILES string of the molecule is CN(C)c1ccc(N=Cc2c(O)ccc3ccccc23)cc1.CN(C)c1ccc(N=Cc2c(O)ccc3ccccc23)cc1.[Cu]. The maximum Gasteiger partial charge on any atom is 0.124 e. The van der Waals surface area contributed by atoms with E-state index < -0.39 is 0 Å². The second kappa shape index (κ2) is 15.1. The van der Waals surface area contributed by atoms with Crippen molar-refractivity contribution in [1.82, 2.24) is 0 Å². The molecule has 6 rings (SSSR count). The maximum atomic E-state index is 10.1. The maximum absolute atomic E-state index is 10.1. The molecular weight excluding hydrogens is 608 g/mol. The Bertz CT molecular complexity index is 1790. The van der Waals surface area contributed by atoms with Crippen LogP contribution in [0.3, 0.4) is 0 Å². The number of aliphatic imine (C=N–C) groups is 2. The van der Waals surface area contributed by atoms with Crippen LogP contribution in [0.5, 0.6) is 11.5 Å². The average molecular weight is 644 g/mol. The molecule has 0 spiro atoms. The third-order valence-corrected chi connectivity index (χ3v) is 7.31. The van der Waals surface area contributed by atoms with Crippen LogP contribution in [0.15, 0.2) is 131 Å². The van der Waals surface area contributed by atoms with E-state index >= 15 is 0 Å². The minimum absolute atomic E-state index is 0. The Hall–Kier alpha value is -5.10. The van der Waals surface area contributed by atoms with Gasteiger partial charge in [0.2, 0.25) is 0 Å². The van der Waals surface area contributed by atoms with E-state index in [1.165, 1.54) is 0 Å². The van der Waals surface area contributed by atoms with Gasteiger partial charge < -0.3 is 20.0 Å². The topological polar surface area (TPSA) is 71.7 Å². The molecule has 0 aliphatic carbocycles. The van der Waals surface area contributed by atoms with Crippen molar-refractivity contribution in [3.05, 3.63) is 132 Å². The van der Waals surface area contributed by atoms with Crippen LogP contribution in [-0.2, 0) is 17.1 Å². The van der Waals surface area contributed by atoms with Crippen LogP contribution < -0.4 is 9.80 Å². The molecule has 1 radical (unpaired) electrons. The van der Waals surface area contributed by atoms with Crippen molar-refractivity contribution in [3.63, 3.8) is 0 Å². The summed E-state index contributed by atoms with van der Waals surface area (Å²) in [5.41, 5.74) is 5.47. The van der Waals surface area contributed by atoms with Crippen molar-refractivity contribution < 1.29 is 27.3 Å². The second-order valence-corrected chi connectivity index (χ2v) is 10.8. The molecule has 45 heavy (non-hydrogen) atoms. The molecule has 0 saturated heterocycles. The smallest absolute Gasteiger partial charge is 0.124 e. The third-order valence-electron chi connectivity index (χ3n) is 7.31. The van der Waals surface area contributed by atoms with Crippen molar-refractivity contribution in [3.8, 4) is 11.5 Å². The first-order chi connectivity index (χ1) is 21.3. The molecule has 0 saturated carbocycles. The Morgan fingerprint density at radius 3 is 1.18 bits per heavy atom. The Morgan fingerprint density at radius 1 is 0.467 bits per heavy atom. The van der Waals surface area contributed by atoms with Crippen molar-refractivity contribution in [2.24, 2.45) is 9.98 Å². The van der Waals surface area contributed by atoms with Gasteiger partial charge in [0, 0.05) is 80.2 Å². The number of anilines is 2.